The van der Waals surface area contributed by atoms with E-state index in [2.05, 4.69) is 16.2 Å². The molecule has 1 aromatic heterocycles. The average Bonchev–Trinajstić information content (AvgIpc) is 3.20. The number of terminal acetylenes is 1. The van der Waals surface area contributed by atoms with Crippen LogP contribution in [0.4, 0.5) is 0 Å². The molecular weight excluding hydrogens is 426 g/mol. The summed E-state index contributed by atoms with van der Waals surface area (Å²) in [4.78, 5) is 15.8. The van der Waals surface area contributed by atoms with Gasteiger partial charge < -0.3 is 19.8 Å². The molecule has 0 aliphatic heterocycles. The molecule has 0 aliphatic carbocycles. The van der Waals surface area contributed by atoms with Crippen LogP contribution in [0.15, 0.2) is 48.2 Å². The van der Waals surface area contributed by atoms with E-state index >= 15 is 0 Å². The lowest BCUT2D eigenvalue weighted by Crippen LogP contribution is -2.26. The van der Waals surface area contributed by atoms with Crippen molar-refractivity contribution in [1.82, 2.24) is 10.3 Å². The van der Waals surface area contributed by atoms with Gasteiger partial charge in [0.15, 0.2) is 11.5 Å². The summed E-state index contributed by atoms with van der Waals surface area (Å²) < 4.78 is 11.0. The number of fused-ring (bicyclic) bond motifs is 1. The van der Waals surface area contributed by atoms with Crippen LogP contribution in [0.3, 0.4) is 0 Å². The van der Waals surface area contributed by atoms with Crippen molar-refractivity contribution in [3.63, 3.8) is 0 Å². The molecule has 0 saturated carbocycles. The molecule has 3 rings (SSSR count). The Bertz CT molecular complexity index is 1230. The van der Waals surface area contributed by atoms with E-state index in [1.165, 1.54) is 6.08 Å². The average molecular weight is 448 g/mol. The topological polar surface area (TPSA) is 87.1 Å². The van der Waals surface area contributed by atoms with Gasteiger partial charge in [-0.15, -0.1) is 6.42 Å². The molecular formula is C25H22ClN3O3. The van der Waals surface area contributed by atoms with Gasteiger partial charge in [0, 0.05) is 23.6 Å². The van der Waals surface area contributed by atoms with Crippen LogP contribution in [0.2, 0.25) is 5.02 Å². The van der Waals surface area contributed by atoms with Gasteiger partial charge in [0.1, 0.15) is 18.2 Å². The fourth-order valence-corrected chi connectivity index (χ4v) is 3.52. The molecule has 2 aromatic carbocycles. The number of hydrogen-bond donors (Lipinski definition) is 2. The lowest BCUT2D eigenvalue weighted by atomic mass is 10.1. The third-order valence-electron chi connectivity index (χ3n) is 4.66. The van der Waals surface area contributed by atoms with Crippen molar-refractivity contribution >= 4 is 34.5 Å². The molecule has 0 aliphatic rings. The number of carbonyl (C=O) groups is 1. The molecule has 162 valence electrons. The largest absolute Gasteiger partial charge is 0.490 e. The van der Waals surface area contributed by atoms with Gasteiger partial charge in [-0.3, -0.25) is 4.79 Å². The van der Waals surface area contributed by atoms with Gasteiger partial charge in [-0.05, 0) is 48.7 Å². The first-order valence-corrected chi connectivity index (χ1v) is 10.4. The van der Waals surface area contributed by atoms with Crippen molar-refractivity contribution in [2.24, 2.45) is 0 Å². The number of aromatic nitrogens is 1. The first kappa shape index (κ1) is 22.8. The van der Waals surface area contributed by atoms with Crippen LogP contribution in [0, 0.1) is 23.7 Å². The van der Waals surface area contributed by atoms with E-state index in [1.54, 1.807) is 12.1 Å². The Kier molecular flexibility index (Phi) is 7.80. The number of rotatable bonds is 9. The second kappa shape index (κ2) is 10.9. The number of nitrogens with zero attached hydrogens (tertiary/aromatic N) is 1. The number of nitriles is 1. The Morgan fingerprint density at radius 3 is 2.88 bits per heavy atom. The van der Waals surface area contributed by atoms with Crippen LogP contribution >= 0.6 is 11.6 Å². The van der Waals surface area contributed by atoms with Crippen LogP contribution in [0.5, 0.6) is 11.5 Å². The lowest BCUT2D eigenvalue weighted by molar-refractivity contribution is -0.117. The minimum Gasteiger partial charge on any atom is -0.490 e. The Hall–Kier alpha value is -3.87. The maximum atomic E-state index is 12.6. The zero-order chi connectivity index (χ0) is 22.9. The quantitative estimate of drug-likeness (QED) is 0.287. The van der Waals surface area contributed by atoms with E-state index in [0.717, 1.165) is 16.5 Å². The van der Waals surface area contributed by atoms with Gasteiger partial charge >= 0.3 is 0 Å². The van der Waals surface area contributed by atoms with E-state index in [-0.39, 0.29) is 17.2 Å². The lowest BCUT2D eigenvalue weighted by Gasteiger charge is -2.13. The van der Waals surface area contributed by atoms with Crippen molar-refractivity contribution in [3.8, 4) is 29.9 Å². The first-order chi connectivity index (χ1) is 15.6. The highest BCUT2D eigenvalue weighted by Crippen LogP contribution is 2.37. The molecule has 7 heteroatoms. The van der Waals surface area contributed by atoms with Crippen molar-refractivity contribution in [2.75, 3.05) is 19.8 Å². The molecule has 0 fully saturated rings. The number of halogens is 1. The van der Waals surface area contributed by atoms with Crippen LogP contribution in [0.1, 0.15) is 18.1 Å². The van der Waals surface area contributed by atoms with Gasteiger partial charge in [0.05, 0.1) is 11.6 Å². The number of carbonyl (C=O) groups excluding carboxylic acids is 1. The maximum Gasteiger partial charge on any atom is 0.261 e. The normalized spacial score (nSPS) is 10.9. The molecule has 6 nitrogen and oxygen atoms in total. The summed E-state index contributed by atoms with van der Waals surface area (Å²) in [5.74, 6) is 2.62. The number of hydrogen-bond acceptors (Lipinski definition) is 4. The fourth-order valence-electron chi connectivity index (χ4n) is 3.25. The van der Waals surface area contributed by atoms with Gasteiger partial charge in [-0.25, -0.2) is 0 Å². The summed E-state index contributed by atoms with van der Waals surface area (Å²) in [6.45, 7) is 2.64. The standard InChI is InChI=1S/C25H22ClN3O3/c1-3-11-32-24-21(26)13-17(14-23(24)31-4-2)12-19(15-27)25(30)28-10-9-18-16-29-22-8-6-5-7-20(18)22/h1,5-8,12-14,16,29H,4,9-11H2,2H3,(H,28,30)/b19-12-. The molecule has 0 bridgehead atoms. The van der Waals surface area contributed by atoms with Gasteiger partial charge in [0.2, 0.25) is 0 Å². The predicted molar refractivity (Wildman–Crippen MR) is 126 cm³/mol. The molecule has 0 unspecified atom stereocenters. The number of para-hydroxylation sites is 1. The molecule has 2 N–H and O–H groups in total. The predicted octanol–water partition coefficient (Wildman–Crippen LogP) is 4.50. The summed E-state index contributed by atoms with van der Waals surface area (Å²) in [5.41, 5.74) is 2.64. The molecule has 1 heterocycles. The van der Waals surface area contributed by atoms with E-state index in [9.17, 15) is 10.1 Å². The van der Waals surface area contributed by atoms with Crippen LogP contribution in [0.25, 0.3) is 17.0 Å². The van der Waals surface area contributed by atoms with E-state index in [0.29, 0.717) is 36.6 Å². The zero-order valence-corrected chi connectivity index (χ0v) is 18.3. The molecule has 3 aromatic rings. The summed E-state index contributed by atoms with van der Waals surface area (Å²) in [6.07, 6.45) is 9.27. The maximum absolute atomic E-state index is 12.6. The van der Waals surface area contributed by atoms with Crippen LogP contribution in [-0.2, 0) is 11.2 Å². The van der Waals surface area contributed by atoms with Crippen LogP contribution in [-0.4, -0.2) is 30.6 Å². The smallest absolute Gasteiger partial charge is 0.261 e. The summed E-state index contributed by atoms with van der Waals surface area (Å²) >= 11 is 6.31. The molecule has 0 radical (unpaired) electrons. The molecule has 32 heavy (non-hydrogen) atoms. The van der Waals surface area contributed by atoms with Gasteiger partial charge in [-0.2, -0.15) is 5.26 Å². The number of aromatic amines is 1. The zero-order valence-electron chi connectivity index (χ0n) is 17.6. The van der Waals surface area contributed by atoms with Crippen LogP contribution < -0.4 is 14.8 Å². The highest BCUT2D eigenvalue weighted by molar-refractivity contribution is 6.32. The van der Waals surface area contributed by atoms with Gasteiger partial charge in [0.25, 0.3) is 5.91 Å². The highest BCUT2D eigenvalue weighted by atomic mass is 35.5. The SMILES string of the molecule is C#CCOc1c(Cl)cc(/C=C(/C#N)C(=O)NCCc2c[nH]c3ccccc23)cc1OCC. The molecule has 1 amide bonds. The summed E-state index contributed by atoms with van der Waals surface area (Å²) in [7, 11) is 0. The second-order valence-corrected chi connectivity index (χ2v) is 7.20. The Labute approximate surface area is 191 Å². The fraction of sp³-hybridized carbons (Fsp3) is 0.200. The third kappa shape index (κ3) is 5.43. The van der Waals surface area contributed by atoms with Crippen molar-refractivity contribution in [3.05, 3.63) is 64.3 Å². The van der Waals surface area contributed by atoms with E-state index in [4.69, 9.17) is 27.5 Å². The Morgan fingerprint density at radius 1 is 1.31 bits per heavy atom. The third-order valence-corrected chi connectivity index (χ3v) is 4.94. The summed E-state index contributed by atoms with van der Waals surface area (Å²) in [6, 6.07) is 13.1. The number of ether oxygens (including phenoxy) is 2. The highest BCUT2D eigenvalue weighted by Gasteiger charge is 2.14. The van der Waals surface area contributed by atoms with E-state index in [1.807, 2.05) is 43.5 Å². The van der Waals surface area contributed by atoms with Gasteiger partial charge in [-0.1, -0.05) is 35.7 Å². The monoisotopic (exact) mass is 447 g/mol. The minimum atomic E-state index is -0.464. The first-order valence-electron chi connectivity index (χ1n) is 10.0. The van der Waals surface area contributed by atoms with Crippen molar-refractivity contribution < 1.29 is 14.3 Å². The van der Waals surface area contributed by atoms with E-state index < -0.39 is 5.91 Å². The van der Waals surface area contributed by atoms with Crippen molar-refractivity contribution in [2.45, 2.75) is 13.3 Å². The Morgan fingerprint density at radius 2 is 2.12 bits per heavy atom. The number of nitrogens with one attached hydrogen (secondary N) is 2. The number of H-pyrrole nitrogens is 1. The molecule has 0 spiro atoms. The molecule has 0 saturated heterocycles. The molecule has 0 atom stereocenters. The second-order valence-electron chi connectivity index (χ2n) is 6.79. The summed E-state index contributed by atoms with van der Waals surface area (Å²) in [5, 5.41) is 13.7. The minimum absolute atomic E-state index is 0.0389. The number of amides is 1. The number of benzene rings is 2. The van der Waals surface area contributed by atoms with Crippen molar-refractivity contribution in [1.29, 1.82) is 5.26 Å². The Balaban J connectivity index is 1.72.